The molecule has 0 spiro atoms. The van der Waals surface area contributed by atoms with Gasteiger partial charge in [-0.15, -0.1) is 6.58 Å². The van der Waals surface area contributed by atoms with Crippen LogP contribution in [0.2, 0.25) is 0 Å². The van der Waals surface area contributed by atoms with Crippen molar-refractivity contribution in [3.63, 3.8) is 0 Å². The molecule has 88 valence electrons. The molecule has 1 rings (SSSR count). The van der Waals surface area contributed by atoms with Crippen molar-refractivity contribution in [1.82, 2.24) is 0 Å². The molecule has 2 heteroatoms. The lowest BCUT2D eigenvalue weighted by molar-refractivity contribution is 0.0839. The summed E-state index contributed by atoms with van der Waals surface area (Å²) in [5.41, 5.74) is 6.18. The second-order valence-corrected chi connectivity index (χ2v) is 4.76. The van der Waals surface area contributed by atoms with E-state index in [2.05, 4.69) is 6.58 Å². The minimum Gasteiger partial charge on any atom is -0.380 e. The third-order valence-electron chi connectivity index (χ3n) is 3.19. The summed E-state index contributed by atoms with van der Waals surface area (Å²) in [5.74, 6) is 0. The zero-order valence-electron chi connectivity index (χ0n) is 9.84. The zero-order chi connectivity index (χ0) is 11.0. The molecule has 0 amide bonds. The van der Waals surface area contributed by atoms with Crippen LogP contribution in [0.15, 0.2) is 12.7 Å². The summed E-state index contributed by atoms with van der Waals surface area (Å²) in [6, 6.07) is 0. The first kappa shape index (κ1) is 12.7. The maximum atomic E-state index is 6.18. The normalized spacial score (nSPS) is 19.3. The van der Waals surface area contributed by atoms with Crippen molar-refractivity contribution in [1.29, 1.82) is 0 Å². The molecule has 0 saturated heterocycles. The molecule has 1 aliphatic rings. The van der Waals surface area contributed by atoms with Crippen LogP contribution >= 0.6 is 0 Å². The lowest BCUT2D eigenvalue weighted by Gasteiger charge is -2.23. The van der Waals surface area contributed by atoms with Gasteiger partial charge in [0.15, 0.2) is 0 Å². The minimum absolute atomic E-state index is 0.00111. The summed E-state index contributed by atoms with van der Waals surface area (Å²) in [7, 11) is 0. The molecule has 1 saturated carbocycles. The van der Waals surface area contributed by atoms with Crippen LogP contribution in [-0.2, 0) is 4.74 Å². The van der Waals surface area contributed by atoms with E-state index in [1.165, 1.54) is 25.7 Å². The lowest BCUT2D eigenvalue weighted by Crippen LogP contribution is -2.41. The summed E-state index contributed by atoms with van der Waals surface area (Å²) < 4.78 is 5.65. The molecule has 0 aromatic heterocycles. The van der Waals surface area contributed by atoms with Gasteiger partial charge in [-0.05, 0) is 32.1 Å². The molecule has 0 atom stereocenters. The second-order valence-electron chi connectivity index (χ2n) is 4.76. The maximum Gasteiger partial charge on any atom is 0.0646 e. The topological polar surface area (TPSA) is 35.2 Å². The SMILES string of the molecule is C=CCCCCCOCC1(N)CCCC1. The van der Waals surface area contributed by atoms with E-state index in [0.29, 0.717) is 0 Å². The van der Waals surface area contributed by atoms with E-state index >= 15 is 0 Å². The van der Waals surface area contributed by atoms with Crippen LogP contribution in [0.3, 0.4) is 0 Å². The number of rotatable bonds is 8. The van der Waals surface area contributed by atoms with Crippen LogP contribution < -0.4 is 5.73 Å². The van der Waals surface area contributed by atoms with Gasteiger partial charge in [0.1, 0.15) is 0 Å². The van der Waals surface area contributed by atoms with Crippen LogP contribution in [0.5, 0.6) is 0 Å². The van der Waals surface area contributed by atoms with Gasteiger partial charge in [0.25, 0.3) is 0 Å². The molecule has 1 fully saturated rings. The average Bonchev–Trinajstić information content (AvgIpc) is 2.64. The highest BCUT2D eigenvalue weighted by Gasteiger charge is 2.29. The molecule has 2 N–H and O–H groups in total. The van der Waals surface area contributed by atoms with E-state index in [9.17, 15) is 0 Å². The van der Waals surface area contributed by atoms with Crippen LogP contribution in [0, 0.1) is 0 Å². The zero-order valence-corrected chi connectivity index (χ0v) is 9.84. The Hall–Kier alpha value is -0.340. The molecule has 0 radical (unpaired) electrons. The van der Waals surface area contributed by atoms with Crippen molar-refractivity contribution in [2.45, 2.75) is 56.9 Å². The van der Waals surface area contributed by atoms with Gasteiger partial charge in [-0.25, -0.2) is 0 Å². The van der Waals surface area contributed by atoms with Crippen LogP contribution in [0.4, 0.5) is 0 Å². The molecule has 2 nitrogen and oxygen atoms in total. The Morgan fingerprint density at radius 2 is 1.93 bits per heavy atom. The lowest BCUT2D eigenvalue weighted by atomic mass is 10.0. The first-order valence-electron chi connectivity index (χ1n) is 6.24. The Kier molecular flexibility index (Phi) is 5.96. The minimum atomic E-state index is 0.00111. The highest BCUT2D eigenvalue weighted by molar-refractivity contribution is 4.88. The summed E-state index contributed by atoms with van der Waals surface area (Å²) in [4.78, 5) is 0. The van der Waals surface area contributed by atoms with Gasteiger partial charge in [-0.2, -0.15) is 0 Å². The average molecular weight is 211 g/mol. The van der Waals surface area contributed by atoms with E-state index in [-0.39, 0.29) is 5.54 Å². The Morgan fingerprint density at radius 3 is 2.60 bits per heavy atom. The van der Waals surface area contributed by atoms with Gasteiger partial charge >= 0.3 is 0 Å². The Balaban J connectivity index is 1.90. The number of allylic oxidation sites excluding steroid dienone is 1. The van der Waals surface area contributed by atoms with E-state index in [0.717, 1.165) is 38.9 Å². The third kappa shape index (κ3) is 5.33. The maximum absolute atomic E-state index is 6.18. The summed E-state index contributed by atoms with van der Waals surface area (Å²) in [5, 5.41) is 0. The fourth-order valence-corrected chi connectivity index (χ4v) is 2.17. The third-order valence-corrected chi connectivity index (χ3v) is 3.19. The standard InChI is InChI=1S/C13H25NO/c1-2-3-4-5-8-11-15-12-13(14)9-6-7-10-13/h2H,1,3-12,14H2. The quantitative estimate of drug-likeness (QED) is 0.495. The summed E-state index contributed by atoms with van der Waals surface area (Å²) in [6.45, 7) is 5.34. The molecule has 15 heavy (non-hydrogen) atoms. The van der Waals surface area contributed by atoms with Crippen LogP contribution in [-0.4, -0.2) is 18.8 Å². The monoisotopic (exact) mass is 211 g/mol. The largest absolute Gasteiger partial charge is 0.380 e. The van der Waals surface area contributed by atoms with Gasteiger partial charge in [0.2, 0.25) is 0 Å². The summed E-state index contributed by atoms with van der Waals surface area (Å²) >= 11 is 0. The van der Waals surface area contributed by atoms with Gasteiger partial charge in [0.05, 0.1) is 6.61 Å². The first-order chi connectivity index (χ1) is 7.27. The van der Waals surface area contributed by atoms with Crippen LogP contribution in [0.1, 0.15) is 51.4 Å². The van der Waals surface area contributed by atoms with E-state index in [1.54, 1.807) is 0 Å². The molecule has 0 aromatic rings. The van der Waals surface area contributed by atoms with E-state index < -0.39 is 0 Å². The van der Waals surface area contributed by atoms with Crippen molar-refractivity contribution in [2.75, 3.05) is 13.2 Å². The predicted molar refractivity (Wildman–Crippen MR) is 64.9 cm³/mol. The van der Waals surface area contributed by atoms with Gasteiger partial charge in [-0.1, -0.05) is 25.3 Å². The number of hydrogen-bond acceptors (Lipinski definition) is 2. The predicted octanol–water partition coefficient (Wildman–Crippen LogP) is 3.02. The molecule has 0 aromatic carbocycles. The number of hydrogen-bond donors (Lipinski definition) is 1. The highest BCUT2D eigenvalue weighted by atomic mass is 16.5. The van der Waals surface area contributed by atoms with Crippen molar-refractivity contribution in [3.05, 3.63) is 12.7 Å². The Labute approximate surface area is 93.9 Å². The molecule has 0 unspecified atom stereocenters. The molecule has 0 bridgehead atoms. The first-order valence-corrected chi connectivity index (χ1v) is 6.24. The van der Waals surface area contributed by atoms with Gasteiger partial charge in [-0.3, -0.25) is 0 Å². The Bertz CT molecular complexity index is 173. The van der Waals surface area contributed by atoms with Gasteiger partial charge < -0.3 is 10.5 Å². The van der Waals surface area contributed by atoms with E-state index in [4.69, 9.17) is 10.5 Å². The Morgan fingerprint density at radius 1 is 1.20 bits per heavy atom. The van der Waals surface area contributed by atoms with Crippen molar-refractivity contribution in [2.24, 2.45) is 5.73 Å². The smallest absolute Gasteiger partial charge is 0.0646 e. The molecule has 1 aliphatic carbocycles. The second kappa shape index (κ2) is 7.02. The molecular formula is C13H25NO. The number of nitrogens with two attached hydrogens (primary N) is 1. The highest BCUT2D eigenvalue weighted by Crippen LogP contribution is 2.27. The van der Waals surface area contributed by atoms with Gasteiger partial charge in [0, 0.05) is 12.1 Å². The fourth-order valence-electron chi connectivity index (χ4n) is 2.17. The van der Waals surface area contributed by atoms with Crippen LogP contribution in [0.25, 0.3) is 0 Å². The van der Waals surface area contributed by atoms with E-state index in [1.807, 2.05) is 6.08 Å². The van der Waals surface area contributed by atoms with Crippen molar-refractivity contribution >= 4 is 0 Å². The van der Waals surface area contributed by atoms with Crippen molar-refractivity contribution in [3.8, 4) is 0 Å². The van der Waals surface area contributed by atoms with Crippen molar-refractivity contribution < 1.29 is 4.74 Å². The summed E-state index contributed by atoms with van der Waals surface area (Å²) in [6.07, 6.45) is 11.6. The molecule has 0 aliphatic heterocycles. The molecule has 0 heterocycles. The fraction of sp³-hybridized carbons (Fsp3) is 0.846. The molecular weight excluding hydrogens is 186 g/mol. The number of unbranched alkanes of at least 4 members (excludes halogenated alkanes) is 3. The number of ether oxygens (including phenoxy) is 1.